The molecule has 90 valence electrons. The molecular formula is C10H19N4O2+. The smallest absolute Gasteiger partial charge is 0.318 e. The number of nitrogens with zero attached hydrogens (tertiary/aromatic N) is 3. The Bertz CT molecular complexity index is 395. The van der Waals surface area contributed by atoms with Crippen LogP contribution in [0.1, 0.15) is 20.8 Å². The number of nitrogens with one attached hydrogen (secondary N) is 1. The molecule has 2 rings (SSSR count). The van der Waals surface area contributed by atoms with Crippen molar-refractivity contribution in [2.75, 3.05) is 31.3 Å². The van der Waals surface area contributed by atoms with E-state index in [1.54, 1.807) is 0 Å². The van der Waals surface area contributed by atoms with Crippen molar-refractivity contribution in [3.63, 3.8) is 0 Å². The predicted molar refractivity (Wildman–Crippen MR) is 57.3 cm³/mol. The van der Waals surface area contributed by atoms with Crippen LogP contribution in [0.2, 0.25) is 0 Å². The molecule has 1 N–H and O–H groups in total. The number of aromatic nitrogens is 2. The van der Waals surface area contributed by atoms with Crippen molar-refractivity contribution < 1.29 is 14.1 Å². The van der Waals surface area contributed by atoms with Gasteiger partial charge in [-0.3, -0.25) is 0 Å². The first-order valence-corrected chi connectivity index (χ1v) is 5.54. The summed E-state index contributed by atoms with van der Waals surface area (Å²) in [6, 6.07) is 0. The standard InChI is InChI=1S/C10H19N4O2/c1-10(2,3)11-9-8-14(12-16-9)13-4-6-15-7-5-13/h8,12H,4-7H2,1-3H3/q+1/b11-9-. The van der Waals surface area contributed by atoms with Crippen molar-refractivity contribution in [1.29, 1.82) is 0 Å². The molecule has 0 aliphatic carbocycles. The quantitative estimate of drug-likeness (QED) is 0.662. The number of aromatic amines is 1. The summed E-state index contributed by atoms with van der Waals surface area (Å²) >= 11 is 0. The Balaban J connectivity index is 2.15. The molecule has 6 nitrogen and oxygen atoms in total. The zero-order valence-electron chi connectivity index (χ0n) is 10.1. The third kappa shape index (κ3) is 2.85. The van der Waals surface area contributed by atoms with Gasteiger partial charge >= 0.3 is 5.55 Å². The van der Waals surface area contributed by atoms with Gasteiger partial charge in [0.25, 0.3) is 6.20 Å². The summed E-state index contributed by atoms with van der Waals surface area (Å²) in [7, 11) is 0. The lowest BCUT2D eigenvalue weighted by Crippen LogP contribution is -2.63. The molecule has 1 aliphatic rings. The Morgan fingerprint density at radius 3 is 2.69 bits per heavy atom. The van der Waals surface area contributed by atoms with Crippen LogP contribution < -0.4 is 15.4 Å². The molecule has 0 atom stereocenters. The molecule has 16 heavy (non-hydrogen) atoms. The highest BCUT2D eigenvalue weighted by atomic mass is 16.5. The van der Waals surface area contributed by atoms with Crippen molar-refractivity contribution >= 4 is 0 Å². The maximum Gasteiger partial charge on any atom is 0.318 e. The first kappa shape index (κ1) is 11.2. The minimum absolute atomic E-state index is 0.130. The van der Waals surface area contributed by atoms with Crippen LogP contribution in [0.4, 0.5) is 0 Å². The molecular weight excluding hydrogens is 208 g/mol. The molecule has 1 aromatic heterocycles. The number of H-pyrrole nitrogens is 1. The summed E-state index contributed by atoms with van der Waals surface area (Å²) in [6.45, 7) is 9.32. The highest BCUT2D eigenvalue weighted by Crippen LogP contribution is 2.03. The first-order valence-electron chi connectivity index (χ1n) is 5.54. The van der Waals surface area contributed by atoms with E-state index in [1.165, 1.54) is 0 Å². The molecule has 1 saturated heterocycles. The highest BCUT2D eigenvalue weighted by molar-refractivity contribution is 4.74. The van der Waals surface area contributed by atoms with E-state index in [2.05, 4.69) is 15.3 Å². The average Bonchev–Trinajstić information content (AvgIpc) is 2.65. The molecule has 0 unspecified atom stereocenters. The number of rotatable bonds is 1. The van der Waals surface area contributed by atoms with E-state index in [9.17, 15) is 0 Å². The van der Waals surface area contributed by atoms with Gasteiger partial charge in [0, 0.05) is 10.1 Å². The van der Waals surface area contributed by atoms with Crippen LogP contribution in [0, 0.1) is 0 Å². The van der Waals surface area contributed by atoms with Gasteiger partial charge in [0.05, 0.1) is 31.8 Å². The molecule has 6 heteroatoms. The number of hydrogen-bond acceptors (Lipinski definition) is 4. The lowest BCUT2D eigenvalue weighted by molar-refractivity contribution is -0.759. The molecule has 0 aromatic carbocycles. The van der Waals surface area contributed by atoms with Gasteiger partial charge < -0.3 is 9.26 Å². The lowest BCUT2D eigenvalue weighted by atomic mass is 10.1. The maximum atomic E-state index is 5.29. The zero-order chi connectivity index (χ0) is 11.6. The monoisotopic (exact) mass is 227 g/mol. The van der Waals surface area contributed by atoms with Crippen LogP contribution in [-0.4, -0.2) is 37.1 Å². The fourth-order valence-corrected chi connectivity index (χ4v) is 1.54. The van der Waals surface area contributed by atoms with E-state index >= 15 is 0 Å². The third-order valence-electron chi connectivity index (χ3n) is 2.21. The molecule has 0 bridgehead atoms. The van der Waals surface area contributed by atoms with E-state index in [-0.39, 0.29) is 5.54 Å². The van der Waals surface area contributed by atoms with Crippen LogP contribution in [-0.2, 0) is 4.74 Å². The Morgan fingerprint density at radius 2 is 2.06 bits per heavy atom. The fraction of sp³-hybridized carbons (Fsp3) is 0.800. The van der Waals surface area contributed by atoms with E-state index in [0.717, 1.165) is 26.3 Å². The number of hydrogen-bond donors (Lipinski definition) is 1. The van der Waals surface area contributed by atoms with Crippen LogP contribution >= 0.6 is 0 Å². The maximum absolute atomic E-state index is 5.29. The second-order valence-electron chi connectivity index (χ2n) is 4.85. The van der Waals surface area contributed by atoms with Gasteiger partial charge in [-0.25, -0.2) is 4.99 Å². The Kier molecular flexibility index (Phi) is 3.00. The van der Waals surface area contributed by atoms with Crippen molar-refractivity contribution in [1.82, 2.24) is 5.27 Å². The van der Waals surface area contributed by atoms with Crippen LogP contribution in [0.25, 0.3) is 0 Å². The van der Waals surface area contributed by atoms with E-state index in [0.29, 0.717) is 5.55 Å². The normalized spacial score (nSPS) is 19.2. The summed E-state index contributed by atoms with van der Waals surface area (Å²) in [5.74, 6) is 0. The van der Waals surface area contributed by atoms with Crippen LogP contribution in [0.3, 0.4) is 0 Å². The Hall–Kier alpha value is -1.30. The largest absolute Gasteiger partial charge is 0.377 e. The SMILES string of the molecule is CC(C)(C)/N=c1/c[n+](N2CCOCC2)[nH]o1. The molecule has 1 aliphatic heterocycles. The molecule has 1 fully saturated rings. The summed E-state index contributed by atoms with van der Waals surface area (Å²) in [6.07, 6.45) is 1.86. The molecule has 1 aromatic rings. The summed E-state index contributed by atoms with van der Waals surface area (Å²) in [5.41, 5.74) is 0.480. The van der Waals surface area contributed by atoms with Gasteiger partial charge in [0.15, 0.2) is 0 Å². The minimum Gasteiger partial charge on any atom is -0.377 e. The van der Waals surface area contributed by atoms with Gasteiger partial charge in [-0.15, -0.1) is 0 Å². The third-order valence-corrected chi connectivity index (χ3v) is 2.21. The van der Waals surface area contributed by atoms with E-state index in [1.807, 2.05) is 31.8 Å². The van der Waals surface area contributed by atoms with Crippen molar-refractivity contribution in [3.8, 4) is 0 Å². The molecule has 0 amide bonds. The summed E-state index contributed by atoms with van der Waals surface area (Å²) < 4.78 is 10.6. The second kappa shape index (κ2) is 4.29. The molecule has 0 spiro atoms. The highest BCUT2D eigenvalue weighted by Gasteiger charge is 2.20. The Labute approximate surface area is 94.4 Å². The number of morpholine rings is 1. The van der Waals surface area contributed by atoms with Gasteiger partial charge in [-0.2, -0.15) is 5.01 Å². The van der Waals surface area contributed by atoms with Crippen molar-refractivity contribution in [2.45, 2.75) is 26.3 Å². The van der Waals surface area contributed by atoms with E-state index < -0.39 is 0 Å². The minimum atomic E-state index is -0.130. The average molecular weight is 227 g/mol. The van der Waals surface area contributed by atoms with E-state index in [4.69, 9.17) is 9.26 Å². The summed E-state index contributed by atoms with van der Waals surface area (Å²) in [5, 5.41) is 4.94. The van der Waals surface area contributed by atoms with Gasteiger partial charge in [0.2, 0.25) is 0 Å². The zero-order valence-corrected chi connectivity index (χ0v) is 10.1. The van der Waals surface area contributed by atoms with Crippen LogP contribution in [0.5, 0.6) is 0 Å². The topological polar surface area (TPSA) is 57.6 Å². The predicted octanol–water partition coefficient (Wildman–Crippen LogP) is -0.437. The first-order chi connectivity index (χ1) is 7.54. The molecule has 0 saturated carbocycles. The van der Waals surface area contributed by atoms with Gasteiger partial charge in [-0.1, -0.05) is 0 Å². The molecule has 2 heterocycles. The second-order valence-corrected chi connectivity index (χ2v) is 4.85. The van der Waals surface area contributed by atoms with Gasteiger partial charge in [0.1, 0.15) is 0 Å². The lowest BCUT2D eigenvalue weighted by Gasteiger charge is -2.19. The van der Waals surface area contributed by atoms with Crippen LogP contribution in [0.15, 0.2) is 15.7 Å². The van der Waals surface area contributed by atoms with Crippen molar-refractivity contribution in [3.05, 3.63) is 11.8 Å². The Morgan fingerprint density at radius 1 is 1.38 bits per heavy atom. The number of ether oxygens (including phenoxy) is 1. The molecule has 0 radical (unpaired) electrons. The van der Waals surface area contributed by atoms with Gasteiger partial charge in [-0.05, 0) is 20.8 Å². The fourth-order valence-electron chi connectivity index (χ4n) is 1.54. The van der Waals surface area contributed by atoms with Crippen molar-refractivity contribution in [2.24, 2.45) is 4.99 Å². The summed E-state index contributed by atoms with van der Waals surface area (Å²) in [4.78, 5) is 6.26.